The average Bonchev–Trinajstić information content (AvgIpc) is 2.58. The molecule has 0 aromatic heterocycles. The van der Waals surface area contributed by atoms with Gasteiger partial charge in [-0.2, -0.15) is 0 Å². The minimum atomic E-state index is -0.539. The molecule has 2 amide bonds. The number of rotatable bonds is 7. The molecule has 1 fully saturated rings. The molecule has 1 saturated heterocycles. The van der Waals surface area contributed by atoms with Crippen molar-refractivity contribution < 1.29 is 14.3 Å². The van der Waals surface area contributed by atoms with Crippen molar-refractivity contribution in [2.24, 2.45) is 0 Å². The summed E-state index contributed by atoms with van der Waals surface area (Å²) in [6.07, 6.45) is -0.389. The molecular formula is C20H30ClN3O3. The van der Waals surface area contributed by atoms with Gasteiger partial charge in [-0.25, -0.2) is 4.79 Å². The summed E-state index contributed by atoms with van der Waals surface area (Å²) in [5.74, 6) is -0.149. The van der Waals surface area contributed by atoms with Crippen molar-refractivity contribution in [2.45, 2.75) is 39.0 Å². The third-order valence-electron chi connectivity index (χ3n) is 4.44. The zero-order chi connectivity index (χ0) is 20.0. The lowest BCUT2D eigenvalue weighted by Crippen LogP contribution is -2.61. The van der Waals surface area contributed by atoms with Crippen LogP contribution < -0.4 is 0 Å². The molecule has 0 atom stereocenters. The van der Waals surface area contributed by atoms with E-state index in [1.807, 2.05) is 39.0 Å². The van der Waals surface area contributed by atoms with Crippen molar-refractivity contribution in [1.29, 1.82) is 0 Å². The van der Waals surface area contributed by atoms with E-state index in [1.54, 1.807) is 11.9 Å². The Labute approximate surface area is 167 Å². The van der Waals surface area contributed by atoms with Crippen LogP contribution in [0.4, 0.5) is 4.79 Å². The molecule has 0 spiro atoms. The monoisotopic (exact) mass is 395 g/mol. The molecular weight excluding hydrogens is 366 g/mol. The fourth-order valence-corrected chi connectivity index (χ4v) is 3.14. The number of amides is 2. The number of alkyl halides is 1. The third kappa shape index (κ3) is 6.70. The highest BCUT2D eigenvalue weighted by molar-refractivity contribution is 6.27. The first-order valence-electron chi connectivity index (χ1n) is 9.25. The van der Waals surface area contributed by atoms with Crippen LogP contribution in [0.1, 0.15) is 26.3 Å². The maximum Gasteiger partial charge on any atom is 0.410 e. The Balaban J connectivity index is 1.84. The summed E-state index contributed by atoms with van der Waals surface area (Å²) < 4.78 is 5.35. The molecule has 0 bridgehead atoms. The van der Waals surface area contributed by atoms with Crippen molar-refractivity contribution >= 4 is 23.6 Å². The predicted molar refractivity (Wildman–Crippen MR) is 107 cm³/mol. The fourth-order valence-electron chi connectivity index (χ4n) is 2.99. The molecule has 0 saturated carbocycles. The molecule has 7 heteroatoms. The molecule has 2 rings (SSSR count). The summed E-state index contributed by atoms with van der Waals surface area (Å²) in [5, 5.41) is 0. The van der Waals surface area contributed by atoms with Gasteiger partial charge in [0.2, 0.25) is 5.91 Å². The Morgan fingerprint density at radius 1 is 1.19 bits per heavy atom. The Bertz CT molecular complexity index is 627. The summed E-state index contributed by atoms with van der Waals surface area (Å²) in [7, 11) is 1.68. The Morgan fingerprint density at radius 3 is 2.37 bits per heavy atom. The molecule has 150 valence electrons. The van der Waals surface area contributed by atoms with E-state index >= 15 is 0 Å². The van der Waals surface area contributed by atoms with Crippen molar-refractivity contribution in [1.82, 2.24) is 14.7 Å². The number of nitrogens with zero attached hydrogens (tertiary/aromatic N) is 3. The molecule has 0 radical (unpaired) electrons. The van der Waals surface area contributed by atoms with Crippen molar-refractivity contribution in [3.8, 4) is 0 Å². The molecule has 1 aromatic rings. The second-order valence-electron chi connectivity index (χ2n) is 7.96. The Kier molecular flexibility index (Phi) is 7.50. The summed E-state index contributed by atoms with van der Waals surface area (Å²) >= 11 is 5.79. The number of hydrogen-bond acceptors (Lipinski definition) is 4. The quantitative estimate of drug-likeness (QED) is 0.666. The fraction of sp³-hybridized carbons (Fsp3) is 0.600. The van der Waals surface area contributed by atoms with E-state index in [2.05, 4.69) is 17.0 Å². The van der Waals surface area contributed by atoms with Crippen LogP contribution in [0.15, 0.2) is 30.3 Å². The maximum absolute atomic E-state index is 12.3. The van der Waals surface area contributed by atoms with Gasteiger partial charge in [0.1, 0.15) is 11.5 Å². The van der Waals surface area contributed by atoms with Gasteiger partial charge in [0.15, 0.2) is 0 Å². The summed E-state index contributed by atoms with van der Waals surface area (Å²) in [5.41, 5.74) is 0.721. The van der Waals surface area contributed by atoms with E-state index in [4.69, 9.17) is 16.3 Å². The van der Waals surface area contributed by atoms with Gasteiger partial charge < -0.3 is 14.5 Å². The molecule has 0 aliphatic carbocycles. The van der Waals surface area contributed by atoms with Gasteiger partial charge >= 0.3 is 6.09 Å². The minimum Gasteiger partial charge on any atom is -0.444 e. The highest BCUT2D eigenvalue weighted by Gasteiger charge is 2.34. The SMILES string of the molecule is CN(CCN(C(=O)CCl)C1CN(Cc2ccccc2)C1)C(=O)OC(C)(C)C. The second-order valence-corrected chi connectivity index (χ2v) is 8.22. The summed E-state index contributed by atoms with van der Waals surface area (Å²) in [4.78, 5) is 29.9. The van der Waals surface area contributed by atoms with Gasteiger partial charge in [0.25, 0.3) is 0 Å². The Hall–Kier alpha value is -1.79. The van der Waals surface area contributed by atoms with Crippen molar-refractivity contribution in [2.75, 3.05) is 39.1 Å². The van der Waals surface area contributed by atoms with Crippen LogP contribution in [-0.2, 0) is 16.1 Å². The van der Waals surface area contributed by atoms with Crippen LogP contribution in [0, 0.1) is 0 Å². The van der Waals surface area contributed by atoms with Crippen LogP contribution in [-0.4, -0.2) is 77.4 Å². The topological polar surface area (TPSA) is 53.1 Å². The van der Waals surface area contributed by atoms with E-state index in [-0.39, 0.29) is 23.9 Å². The van der Waals surface area contributed by atoms with E-state index in [0.29, 0.717) is 13.1 Å². The molecule has 1 aromatic carbocycles. The highest BCUT2D eigenvalue weighted by atomic mass is 35.5. The van der Waals surface area contributed by atoms with Crippen LogP contribution in [0.2, 0.25) is 0 Å². The smallest absolute Gasteiger partial charge is 0.410 e. The number of halogens is 1. The molecule has 6 nitrogen and oxygen atoms in total. The molecule has 1 aliphatic rings. The van der Waals surface area contributed by atoms with Crippen LogP contribution in [0.3, 0.4) is 0 Å². The van der Waals surface area contributed by atoms with E-state index in [1.165, 1.54) is 10.5 Å². The van der Waals surface area contributed by atoms with Crippen molar-refractivity contribution in [3.05, 3.63) is 35.9 Å². The highest BCUT2D eigenvalue weighted by Crippen LogP contribution is 2.19. The van der Waals surface area contributed by atoms with E-state index in [9.17, 15) is 9.59 Å². The van der Waals surface area contributed by atoms with E-state index < -0.39 is 5.60 Å². The number of hydrogen-bond donors (Lipinski definition) is 0. The molecule has 0 N–H and O–H groups in total. The number of benzene rings is 1. The molecule has 27 heavy (non-hydrogen) atoms. The first kappa shape index (κ1) is 21.5. The number of ether oxygens (including phenoxy) is 1. The maximum atomic E-state index is 12.3. The minimum absolute atomic E-state index is 0.0503. The van der Waals surface area contributed by atoms with Gasteiger partial charge in [-0.1, -0.05) is 30.3 Å². The predicted octanol–water partition coefficient (Wildman–Crippen LogP) is 2.81. The molecule has 1 aliphatic heterocycles. The second kappa shape index (κ2) is 9.42. The molecule has 1 heterocycles. The van der Waals surface area contributed by atoms with E-state index in [0.717, 1.165) is 19.6 Å². The zero-order valence-electron chi connectivity index (χ0n) is 16.7. The van der Waals surface area contributed by atoms with Gasteiger partial charge in [-0.3, -0.25) is 9.69 Å². The first-order valence-corrected chi connectivity index (χ1v) is 9.79. The number of carbonyl (C=O) groups is 2. The number of carbonyl (C=O) groups excluding carboxylic acids is 2. The average molecular weight is 396 g/mol. The van der Waals surface area contributed by atoms with Crippen LogP contribution >= 0.6 is 11.6 Å². The first-order chi connectivity index (χ1) is 12.7. The Morgan fingerprint density at radius 2 is 1.81 bits per heavy atom. The van der Waals surface area contributed by atoms with Crippen LogP contribution in [0.5, 0.6) is 0 Å². The number of likely N-dealkylation sites (N-methyl/N-ethyl adjacent to an activating group) is 1. The van der Waals surface area contributed by atoms with Crippen LogP contribution in [0.25, 0.3) is 0 Å². The van der Waals surface area contributed by atoms with Crippen molar-refractivity contribution in [3.63, 3.8) is 0 Å². The van der Waals surface area contributed by atoms with Gasteiger partial charge in [-0.15, -0.1) is 11.6 Å². The lowest BCUT2D eigenvalue weighted by atomic mass is 10.1. The van der Waals surface area contributed by atoms with Gasteiger partial charge in [-0.05, 0) is 26.3 Å². The van der Waals surface area contributed by atoms with Gasteiger partial charge in [0.05, 0.1) is 6.04 Å². The summed E-state index contributed by atoms with van der Waals surface area (Å²) in [6.45, 7) is 8.85. The molecule has 0 unspecified atom stereocenters. The number of likely N-dealkylation sites (tertiary alicyclic amines) is 1. The largest absolute Gasteiger partial charge is 0.444 e. The normalized spacial score (nSPS) is 15.1. The lowest BCUT2D eigenvalue weighted by Gasteiger charge is -2.45. The standard InChI is InChI=1S/C20H30ClN3O3/c1-20(2,3)27-19(26)22(4)10-11-24(18(25)12-21)17-14-23(15-17)13-16-8-6-5-7-9-16/h5-9,17H,10-15H2,1-4H3. The van der Waals surface area contributed by atoms with Gasteiger partial charge in [0, 0.05) is 39.8 Å². The third-order valence-corrected chi connectivity index (χ3v) is 4.67. The summed E-state index contributed by atoms with van der Waals surface area (Å²) in [6, 6.07) is 10.4. The zero-order valence-corrected chi connectivity index (χ0v) is 17.4. The lowest BCUT2D eigenvalue weighted by molar-refractivity contribution is -0.135.